The fourth-order valence-corrected chi connectivity index (χ4v) is 3.03. The number of aldehydes is 1. The van der Waals surface area contributed by atoms with Crippen molar-refractivity contribution >= 4 is 85.4 Å². The van der Waals surface area contributed by atoms with E-state index in [2.05, 4.69) is 25.7 Å². The van der Waals surface area contributed by atoms with Gasteiger partial charge in [-0.05, 0) is 56.3 Å². The van der Waals surface area contributed by atoms with Crippen molar-refractivity contribution in [1.29, 1.82) is 0 Å². The van der Waals surface area contributed by atoms with Gasteiger partial charge >= 0.3 is 11.9 Å². The van der Waals surface area contributed by atoms with Crippen LogP contribution in [0.15, 0.2) is 42.5 Å². The number of nitrogens with two attached hydrogens (primary N) is 2. The number of ketones is 1. The first kappa shape index (κ1) is 30.8. The summed E-state index contributed by atoms with van der Waals surface area (Å²) in [4.78, 5) is 46.8. The van der Waals surface area contributed by atoms with E-state index in [1.807, 2.05) is 0 Å². The third-order valence-electron chi connectivity index (χ3n) is 4.08. The third kappa shape index (κ3) is 9.80. The van der Waals surface area contributed by atoms with Crippen LogP contribution in [0.5, 0.6) is 0 Å². The minimum Gasteiger partial charge on any atom is -0.461 e. The lowest BCUT2D eigenvalue weighted by Gasteiger charge is -2.06. The molecule has 36 heavy (non-hydrogen) atoms. The quantitative estimate of drug-likeness (QED) is 0.132. The zero-order valence-electron chi connectivity index (χ0n) is 19.4. The number of nitrogen functional groups attached to an aromatic ring is 2. The van der Waals surface area contributed by atoms with Crippen LogP contribution in [0.25, 0.3) is 10.9 Å². The van der Waals surface area contributed by atoms with E-state index in [4.69, 9.17) is 39.4 Å². The van der Waals surface area contributed by atoms with Crippen LogP contribution in [0.1, 0.15) is 34.7 Å². The topological polar surface area (TPSA) is 152 Å². The maximum absolute atomic E-state index is 11.6. The van der Waals surface area contributed by atoms with Crippen LogP contribution >= 0.6 is 39.1 Å². The lowest BCUT2D eigenvalue weighted by molar-refractivity contribution is -0.152. The average Bonchev–Trinajstić information content (AvgIpc) is 2.85. The van der Waals surface area contributed by atoms with Gasteiger partial charge in [0.2, 0.25) is 5.78 Å². The number of ether oxygens (including phenoxy) is 2. The van der Waals surface area contributed by atoms with Crippen molar-refractivity contribution in [3.63, 3.8) is 0 Å². The van der Waals surface area contributed by atoms with Crippen molar-refractivity contribution < 1.29 is 28.7 Å². The van der Waals surface area contributed by atoms with Gasteiger partial charge in [-0.3, -0.25) is 9.59 Å². The molecule has 2 aromatic carbocycles. The standard InChI is InChI=1S/C12H11ClN2O2.C7H6ClNO.C5H7BrO3/c1-2-17-12(16)11-9(14)6-7-5-8(13)3-4-10(7)15-11;8-6-1-2-7(9)5(3-6)4-10;1-2-9-5(8)4(7)3-6/h3-6H,2,14H2,1H3;1-4H,9H2;2-3H2,1H3. The van der Waals surface area contributed by atoms with Gasteiger partial charge in [0.05, 0.1) is 29.7 Å². The fraction of sp³-hybridized carbons (Fsp3) is 0.208. The van der Waals surface area contributed by atoms with Gasteiger partial charge < -0.3 is 20.9 Å². The average molecular weight is 601 g/mol. The van der Waals surface area contributed by atoms with Crippen molar-refractivity contribution in [2.75, 3.05) is 30.0 Å². The molecule has 1 aromatic heterocycles. The highest BCUT2D eigenvalue weighted by molar-refractivity contribution is 9.09. The number of fused-ring (bicyclic) bond motifs is 1. The number of benzene rings is 2. The number of nitrogens with zero attached hydrogens (tertiary/aromatic N) is 1. The summed E-state index contributed by atoms with van der Waals surface area (Å²) in [6.07, 6.45) is 0.682. The Hall–Kier alpha value is -3.21. The second kappa shape index (κ2) is 15.7. The van der Waals surface area contributed by atoms with Crippen LogP contribution in [0, 0.1) is 0 Å². The molecule has 1 heterocycles. The van der Waals surface area contributed by atoms with Crippen molar-refractivity contribution in [2.24, 2.45) is 0 Å². The Labute approximate surface area is 226 Å². The monoisotopic (exact) mass is 599 g/mol. The Kier molecular flexibility index (Phi) is 13.5. The second-order valence-electron chi connectivity index (χ2n) is 6.65. The first-order chi connectivity index (χ1) is 17.1. The van der Waals surface area contributed by atoms with Crippen molar-refractivity contribution in [3.05, 3.63) is 63.8 Å². The summed E-state index contributed by atoms with van der Waals surface area (Å²) in [5.74, 6) is -1.83. The molecule has 0 aliphatic heterocycles. The summed E-state index contributed by atoms with van der Waals surface area (Å²) in [6.45, 7) is 3.92. The lowest BCUT2D eigenvalue weighted by atomic mass is 10.2. The summed E-state index contributed by atoms with van der Waals surface area (Å²) in [6, 6.07) is 11.6. The molecular weight excluding hydrogens is 577 g/mol. The number of carbonyl (C=O) groups excluding carboxylic acids is 4. The highest BCUT2D eigenvalue weighted by atomic mass is 79.9. The molecule has 0 saturated heterocycles. The third-order valence-corrected chi connectivity index (χ3v) is 5.05. The van der Waals surface area contributed by atoms with Crippen LogP contribution in [0.4, 0.5) is 11.4 Å². The number of alkyl halides is 1. The van der Waals surface area contributed by atoms with Gasteiger partial charge in [0.15, 0.2) is 12.0 Å². The minimum atomic E-state index is -0.769. The van der Waals surface area contributed by atoms with E-state index in [0.29, 0.717) is 45.4 Å². The van der Waals surface area contributed by atoms with Gasteiger partial charge in [0.1, 0.15) is 0 Å². The van der Waals surface area contributed by atoms with Gasteiger partial charge in [-0.15, -0.1) is 0 Å². The SMILES string of the molecule is CCOC(=O)C(=O)CBr.CCOC(=O)c1nc2ccc(Cl)cc2cc1N.Nc1ccc(Cl)cc1C=O. The molecule has 0 bridgehead atoms. The van der Waals surface area contributed by atoms with Crippen LogP contribution in [0.3, 0.4) is 0 Å². The lowest BCUT2D eigenvalue weighted by Crippen LogP contribution is -2.17. The minimum absolute atomic E-state index is 0.0336. The Morgan fingerprint density at radius 2 is 1.56 bits per heavy atom. The second-order valence-corrected chi connectivity index (χ2v) is 8.09. The molecule has 0 unspecified atom stereocenters. The largest absolute Gasteiger partial charge is 0.461 e. The number of rotatable bonds is 6. The maximum Gasteiger partial charge on any atom is 0.375 e. The van der Waals surface area contributed by atoms with E-state index in [1.54, 1.807) is 50.2 Å². The molecule has 0 aliphatic rings. The van der Waals surface area contributed by atoms with E-state index >= 15 is 0 Å². The summed E-state index contributed by atoms with van der Waals surface area (Å²) < 4.78 is 9.25. The molecule has 9 nitrogen and oxygen atoms in total. The highest BCUT2D eigenvalue weighted by Crippen LogP contribution is 2.22. The summed E-state index contributed by atoms with van der Waals surface area (Å²) in [5.41, 5.74) is 13.2. The number of hydrogen-bond acceptors (Lipinski definition) is 9. The van der Waals surface area contributed by atoms with Crippen LogP contribution < -0.4 is 11.5 Å². The van der Waals surface area contributed by atoms with Gasteiger partial charge in [-0.25, -0.2) is 14.6 Å². The number of esters is 2. The number of halogens is 3. The van der Waals surface area contributed by atoms with Crippen molar-refractivity contribution in [1.82, 2.24) is 4.98 Å². The molecule has 4 N–H and O–H groups in total. The van der Waals surface area contributed by atoms with Crippen LogP contribution in [-0.2, 0) is 19.1 Å². The first-order valence-electron chi connectivity index (χ1n) is 10.4. The Bertz CT molecular complexity index is 1240. The predicted molar refractivity (Wildman–Crippen MR) is 144 cm³/mol. The molecule has 0 radical (unpaired) electrons. The van der Waals surface area contributed by atoms with Crippen molar-refractivity contribution in [2.45, 2.75) is 13.8 Å². The zero-order chi connectivity index (χ0) is 27.3. The maximum atomic E-state index is 11.6. The summed E-state index contributed by atoms with van der Waals surface area (Å²) in [7, 11) is 0. The van der Waals surface area contributed by atoms with E-state index in [9.17, 15) is 19.2 Å². The molecule has 3 aromatic rings. The van der Waals surface area contributed by atoms with E-state index in [1.165, 1.54) is 6.07 Å². The number of aromatic nitrogens is 1. The molecular formula is C24H24BrCl2N3O6. The smallest absolute Gasteiger partial charge is 0.375 e. The molecule has 0 atom stereocenters. The van der Waals surface area contributed by atoms with Gasteiger partial charge in [-0.1, -0.05) is 39.1 Å². The van der Waals surface area contributed by atoms with Gasteiger partial charge in [0, 0.05) is 26.7 Å². The molecule has 0 fully saturated rings. The molecule has 0 spiro atoms. The summed E-state index contributed by atoms with van der Waals surface area (Å²) >= 11 is 14.3. The van der Waals surface area contributed by atoms with E-state index in [0.717, 1.165) is 5.39 Å². The normalized spacial score (nSPS) is 9.69. The molecule has 192 valence electrons. The van der Waals surface area contributed by atoms with Gasteiger partial charge in [-0.2, -0.15) is 0 Å². The number of carbonyl (C=O) groups is 4. The number of anilines is 2. The predicted octanol–water partition coefficient (Wildman–Crippen LogP) is 4.90. The van der Waals surface area contributed by atoms with Crippen LogP contribution in [0.2, 0.25) is 10.0 Å². The molecule has 12 heteroatoms. The van der Waals surface area contributed by atoms with E-state index < -0.39 is 17.7 Å². The first-order valence-corrected chi connectivity index (χ1v) is 12.2. The molecule has 0 saturated carbocycles. The number of hydrogen-bond donors (Lipinski definition) is 2. The zero-order valence-corrected chi connectivity index (χ0v) is 22.5. The molecule has 0 aliphatic carbocycles. The Morgan fingerprint density at radius 1 is 0.944 bits per heavy atom. The van der Waals surface area contributed by atoms with Crippen LogP contribution in [-0.4, -0.2) is 47.5 Å². The highest BCUT2D eigenvalue weighted by Gasteiger charge is 2.14. The Morgan fingerprint density at radius 3 is 2.11 bits per heavy atom. The fourth-order valence-electron chi connectivity index (χ4n) is 2.44. The van der Waals surface area contributed by atoms with E-state index in [-0.39, 0.29) is 17.6 Å². The summed E-state index contributed by atoms with van der Waals surface area (Å²) in [5, 5.41) is 1.95. The number of pyridine rings is 1. The van der Waals surface area contributed by atoms with Gasteiger partial charge in [0.25, 0.3) is 0 Å². The molecule has 0 amide bonds. The number of Topliss-reactive ketones (excluding diaryl/α,β-unsaturated/α-hetero) is 1. The Balaban J connectivity index is 0.000000293. The van der Waals surface area contributed by atoms with Crippen molar-refractivity contribution in [3.8, 4) is 0 Å². The molecule has 3 rings (SSSR count).